The monoisotopic (exact) mass is 374 g/mol. The molecular weight excluding hydrogens is 356 g/mol. The van der Waals surface area contributed by atoms with Gasteiger partial charge in [0.05, 0.1) is 0 Å². The molecule has 0 saturated heterocycles. The Labute approximate surface area is 153 Å². The van der Waals surface area contributed by atoms with Crippen molar-refractivity contribution >= 4 is 32.4 Å². The van der Waals surface area contributed by atoms with Crippen molar-refractivity contribution in [3.05, 3.63) is 76.3 Å². The normalized spacial score (nSPS) is 19.1. The van der Waals surface area contributed by atoms with E-state index < -0.39 is 10.0 Å². The Morgan fingerprint density at radius 3 is 2.52 bits per heavy atom. The lowest BCUT2D eigenvalue weighted by Gasteiger charge is -2.09. The molecule has 0 radical (unpaired) electrons. The Balaban J connectivity index is 1.91. The highest BCUT2D eigenvalue weighted by Gasteiger charge is 2.32. The van der Waals surface area contributed by atoms with Crippen molar-refractivity contribution in [1.29, 1.82) is 0 Å². The Morgan fingerprint density at radius 1 is 1.12 bits per heavy atom. The zero-order valence-corrected chi connectivity index (χ0v) is 15.6. The van der Waals surface area contributed by atoms with Crippen molar-refractivity contribution in [2.24, 2.45) is 4.99 Å². The quantitative estimate of drug-likeness (QED) is 0.871. The summed E-state index contributed by atoms with van der Waals surface area (Å²) in [4.78, 5) is 4.75. The highest BCUT2D eigenvalue weighted by Crippen LogP contribution is 2.31. The van der Waals surface area contributed by atoms with Crippen LogP contribution in [0.25, 0.3) is 4.91 Å². The van der Waals surface area contributed by atoms with Gasteiger partial charge in [-0.15, -0.1) is 0 Å². The number of halogens is 1. The number of hydrogen-bond donors (Lipinski definition) is 1. The third kappa shape index (κ3) is 3.78. The first-order valence-corrected chi connectivity index (χ1v) is 9.84. The molecule has 4 nitrogen and oxygen atoms in total. The molecule has 1 N–H and O–H groups in total. The van der Waals surface area contributed by atoms with Crippen molar-refractivity contribution in [2.75, 3.05) is 6.54 Å². The van der Waals surface area contributed by atoms with Crippen LogP contribution < -0.4 is 4.72 Å². The predicted octanol–water partition coefficient (Wildman–Crippen LogP) is 4.21. The SMILES string of the molecule is CC1=C(c2cccc(Cl)c2)S(=O)(=O)NC1=NC[C@H](C)c1ccccc1. The average Bonchev–Trinajstić information content (AvgIpc) is 2.82. The van der Waals surface area contributed by atoms with E-state index in [2.05, 4.69) is 16.6 Å². The third-order valence-corrected chi connectivity index (χ3v) is 5.95. The molecule has 1 heterocycles. The van der Waals surface area contributed by atoms with Gasteiger partial charge in [-0.2, -0.15) is 0 Å². The van der Waals surface area contributed by atoms with Crippen LogP contribution in [0.15, 0.2) is 65.2 Å². The van der Waals surface area contributed by atoms with Crippen molar-refractivity contribution < 1.29 is 8.42 Å². The molecular formula is C19H19ClN2O2S. The molecule has 1 atom stereocenters. The summed E-state index contributed by atoms with van der Waals surface area (Å²) in [6.45, 7) is 4.33. The van der Waals surface area contributed by atoms with Crippen molar-refractivity contribution in [3.8, 4) is 0 Å². The molecule has 25 heavy (non-hydrogen) atoms. The van der Waals surface area contributed by atoms with E-state index in [1.807, 2.05) is 30.3 Å². The first-order chi connectivity index (χ1) is 11.9. The number of nitrogens with zero attached hydrogens (tertiary/aromatic N) is 1. The van der Waals surface area contributed by atoms with Crippen LogP contribution in [0, 0.1) is 0 Å². The largest absolute Gasteiger partial charge is 0.267 e. The van der Waals surface area contributed by atoms with Crippen molar-refractivity contribution in [3.63, 3.8) is 0 Å². The zero-order valence-electron chi connectivity index (χ0n) is 14.0. The molecule has 0 fully saturated rings. The summed E-state index contributed by atoms with van der Waals surface area (Å²) < 4.78 is 27.6. The number of rotatable bonds is 4. The first kappa shape index (κ1) is 17.7. The van der Waals surface area contributed by atoms with Crippen molar-refractivity contribution in [2.45, 2.75) is 19.8 Å². The Kier molecular flexibility index (Phi) is 4.97. The summed E-state index contributed by atoms with van der Waals surface area (Å²) in [6, 6.07) is 16.9. The van der Waals surface area contributed by atoms with Gasteiger partial charge in [-0.25, -0.2) is 8.42 Å². The molecule has 1 aliphatic rings. The minimum absolute atomic E-state index is 0.196. The maximum absolute atomic E-state index is 12.5. The average molecular weight is 375 g/mol. The van der Waals surface area contributed by atoms with E-state index >= 15 is 0 Å². The van der Waals surface area contributed by atoms with E-state index in [4.69, 9.17) is 11.6 Å². The lowest BCUT2D eigenvalue weighted by Crippen LogP contribution is -2.24. The molecule has 6 heteroatoms. The maximum Gasteiger partial charge on any atom is 0.264 e. The molecule has 0 aromatic heterocycles. The van der Waals surface area contributed by atoms with E-state index in [0.29, 0.717) is 28.5 Å². The van der Waals surface area contributed by atoms with Gasteiger partial charge in [-0.05, 0) is 30.2 Å². The van der Waals surface area contributed by atoms with Gasteiger partial charge in [0.1, 0.15) is 10.7 Å². The fourth-order valence-corrected chi connectivity index (χ4v) is 4.53. The summed E-state index contributed by atoms with van der Waals surface area (Å²) >= 11 is 6.00. The van der Waals surface area contributed by atoms with Gasteiger partial charge in [0.25, 0.3) is 10.0 Å². The van der Waals surface area contributed by atoms with Gasteiger partial charge in [0.15, 0.2) is 0 Å². The van der Waals surface area contributed by atoms with E-state index in [1.165, 1.54) is 5.56 Å². The minimum atomic E-state index is -3.63. The Bertz CT molecular complexity index is 950. The predicted molar refractivity (Wildman–Crippen MR) is 103 cm³/mol. The van der Waals surface area contributed by atoms with Crippen LogP contribution in [-0.4, -0.2) is 20.8 Å². The summed E-state index contributed by atoms with van der Waals surface area (Å²) in [5, 5.41) is 0.496. The van der Waals surface area contributed by atoms with Crippen molar-refractivity contribution in [1.82, 2.24) is 4.72 Å². The number of amidine groups is 1. The fraction of sp³-hybridized carbons (Fsp3) is 0.211. The molecule has 0 saturated carbocycles. The van der Waals surface area contributed by atoms with Crippen LogP contribution in [0.1, 0.15) is 30.9 Å². The molecule has 2 aromatic carbocycles. The second-order valence-electron chi connectivity index (χ2n) is 6.07. The van der Waals surface area contributed by atoms with E-state index in [9.17, 15) is 8.42 Å². The minimum Gasteiger partial charge on any atom is -0.267 e. The van der Waals surface area contributed by atoms with Gasteiger partial charge in [-0.1, -0.05) is 61.0 Å². The topological polar surface area (TPSA) is 58.5 Å². The molecule has 3 rings (SSSR count). The van der Waals surface area contributed by atoms with E-state index in [0.717, 1.165) is 0 Å². The highest BCUT2D eigenvalue weighted by atomic mass is 35.5. The Morgan fingerprint density at radius 2 is 1.84 bits per heavy atom. The van der Waals surface area contributed by atoms with Gasteiger partial charge in [0, 0.05) is 23.1 Å². The second-order valence-corrected chi connectivity index (χ2v) is 8.13. The maximum atomic E-state index is 12.5. The molecule has 1 aliphatic heterocycles. The lowest BCUT2D eigenvalue weighted by molar-refractivity contribution is 0.603. The highest BCUT2D eigenvalue weighted by molar-refractivity contribution is 8.00. The molecule has 0 bridgehead atoms. The van der Waals surface area contributed by atoms with Gasteiger partial charge in [-0.3, -0.25) is 9.71 Å². The van der Waals surface area contributed by atoms with Crippen LogP contribution in [-0.2, 0) is 10.0 Å². The lowest BCUT2D eigenvalue weighted by atomic mass is 10.0. The smallest absolute Gasteiger partial charge is 0.264 e. The Hall–Kier alpha value is -2.11. The van der Waals surface area contributed by atoms with Crippen LogP contribution >= 0.6 is 11.6 Å². The summed E-state index contributed by atoms with van der Waals surface area (Å²) in [7, 11) is -3.63. The standard InChI is InChI=1S/C19H19ClN2O2S/c1-13(15-7-4-3-5-8-15)12-21-19-14(2)18(25(23,24)22-19)16-9-6-10-17(20)11-16/h3-11,13H,12H2,1-2H3,(H,21,22)/t13-/m0/s1. The van der Waals surface area contributed by atoms with E-state index in [-0.39, 0.29) is 10.8 Å². The molecule has 0 unspecified atom stereocenters. The number of aliphatic imine (C=N–C) groups is 1. The second kappa shape index (κ2) is 7.02. The third-order valence-electron chi connectivity index (χ3n) is 4.17. The van der Waals surface area contributed by atoms with Crippen LogP contribution in [0.4, 0.5) is 0 Å². The number of nitrogens with one attached hydrogen (secondary N) is 1. The fourth-order valence-electron chi connectivity index (χ4n) is 2.83. The summed E-state index contributed by atoms with van der Waals surface area (Å²) in [5.41, 5.74) is 2.35. The van der Waals surface area contributed by atoms with Gasteiger partial charge in [0.2, 0.25) is 0 Å². The van der Waals surface area contributed by atoms with E-state index in [1.54, 1.807) is 31.2 Å². The number of sulfonamides is 1. The van der Waals surface area contributed by atoms with Crippen LogP contribution in [0.2, 0.25) is 5.02 Å². The first-order valence-electron chi connectivity index (χ1n) is 7.98. The zero-order chi connectivity index (χ0) is 18.0. The molecule has 0 amide bonds. The summed E-state index contributed by atoms with van der Waals surface area (Å²) in [6.07, 6.45) is 0. The molecule has 130 valence electrons. The summed E-state index contributed by atoms with van der Waals surface area (Å²) in [5.74, 6) is 0.596. The number of benzene rings is 2. The molecule has 0 spiro atoms. The van der Waals surface area contributed by atoms with Gasteiger partial charge >= 0.3 is 0 Å². The van der Waals surface area contributed by atoms with Crippen LogP contribution in [0.3, 0.4) is 0 Å². The van der Waals surface area contributed by atoms with Crippen LogP contribution in [0.5, 0.6) is 0 Å². The molecule has 0 aliphatic carbocycles. The number of hydrogen-bond acceptors (Lipinski definition) is 3. The van der Waals surface area contributed by atoms with Gasteiger partial charge < -0.3 is 0 Å². The molecule has 2 aromatic rings.